The van der Waals surface area contributed by atoms with Gasteiger partial charge < -0.3 is 15.7 Å². The molecule has 1 saturated carbocycles. The molecule has 0 spiro atoms. The normalized spacial score (nSPS) is 25.8. The number of hydrogen-bond donors (Lipinski definition) is 3. The standard InChI is InChI=1S/C13H24N2O3/c1-8(2)14-12(16)9(3)15-11-6-4-10(5-7-11)13(17)18/h8-11,15H,4-7H2,1-3H3,(H,14,16)(H,17,18). The van der Waals surface area contributed by atoms with Crippen molar-refractivity contribution in [2.45, 2.75) is 64.6 Å². The van der Waals surface area contributed by atoms with Gasteiger partial charge in [0.15, 0.2) is 0 Å². The van der Waals surface area contributed by atoms with E-state index in [0.29, 0.717) is 12.8 Å². The third-order valence-electron chi connectivity index (χ3n) is 3.39. The van der Waals surface area contributed by atoms with Crippen molar-refractivity contribution < 1.29 is 14.7 Å². The van der Waals surface area contributed by atoms with Gasteiger partial charge in [-0.15, -0.1) is 0 Å². The molecule has 1 unspecified atom stereocenters. The molecule has 1 aliphatic carbocycles. The van der Waals surface area contributed by atoms with E-state index in [2.05, 4.69) is 10.6 Å². The van der Waals surface area contributed by atoms with E-state index >= 15 is 0 Å². The summed E-state index contributed by atoms with van der Waals surface area (Å²) in [5.74, 6) is -0.896. The Hall–Kier alpha value is -1.10. The molecule has 5 nitrogen and oxygen atoms in total. The summed E-state index contributed by atoms with van der Waals surface area (Å²) >= 11 is 0. The Bertz CT molecular complexity index is 297. The smallest absolute Gasteiger partial charge is 0.306 e. The lowest BCUT2D eigenvalue weighted by Crippen LogP contribution is -2.49. The maximum atomic E-state index is 11.7. The van der Waals surface area contributed by atoms with Gasteiger partial charge in [0, 0.05) is 12.1 Å². The number of hydrogen-bond acceptors (Lipinski definition) is 3. The number of carboxylic acids is 1. The second-order valence-electron chi connectivity index (χ2n) is 5.44. The molecule has 0 aromatic heterocycles. The van der Waals surface area contributed by atoms with Crippen molar-refractivity contribution in [3.05, 3.63) is 0 Å². The van der Waals surface area contributed by atoms with Gasteiger partial charge in [0.05, 0.1) is 12.0 Å². The lowest BCUT2D eigenvalue weighted by molar-refractivity contribution is -0.143. The summed E-state index contributed by atoms with van der Waals surface area (Å²) in [6.07, 6.45) is 3.06. The van der Waals surface area contributed by atoms with Crippen molar-refractivity contribution in [1.29, 1.82) is 0 Å². The third-order valence-corrected chi connectivity index (χ3v) is 3.39. The van der Waals surface area contributed by atoms with E-state index in [1.54, 1.807) is 0 Å². The van der Waals surface area contributed by atoms with Crippen LogP contribution in [0.3, 0.4) is 0 Å². The van der Waals surface area contributed by atoms with E-state index in [1.807, 2.05) is 20.8 Å². The zero-order chi connectivity index (χ0) is 13.7. The van der Waals surface area contributed by atoms with Gasteiger partial charge >= 0.3 is 5.97 Å². The lowest BCUT2D eigenvalue weighted by atomic mass is 9.86. The molecule has 0 bridgehead atoms. The van der Waals surface area contributed by atoms with Crippen LogP contribution < -0.4 is 10.6 Å². The van der Waals surface area contributed by atoms with Crippen molar-refractivity contribution in [2.24, 2.45) is 5.92 Å². The first-order valence-electron chi connectivity index (χ1n) is 6.69. The summed E-state index contributed by atoms with van der Waals surface area (Å²) in [6.45, 7) is 5.71. The third kappa shape index (κ3) is 4.64. The largest absolute Gasteiger partial charge is 0.481 e. The van der Waals surface area contributed by atoms with Gasteiger partial charge in [0.25, 0.3) is 0 Å². The van der Waals surface area contributed by atoms with Crippen LogP contribution in [-0.2, 0) is 9.59 Å². The summed E-state index contributed by atoms with van der Waals surface area (Å²) in [5.41, 5.74) is 0. The fraction of sp³-hybridized carbons (Fsp3) is 0.846. The Morgan fingerprint density at radius 1 is 1.11 bits per heavy atom. The molecule has 0 aliphatic heterocycles. The number of carboxylic acid groups (broad SMARTS) is 1. The van der Waals surface area contributed by atoms with E-state index in [0.717, 1.165) is 12.8 Å². The average molecular weight is 256 g/mol. The van der Waals surface area contributed by atoms with E-state index in [9.17, 15) is 9.59 Å². The zero-order valence-electron chi connectivity index (χ0n) is 11.4. The molecule has 0 heterocycles. The number of aliphatic carboxylic acids is 1. The molecule has 0 aromatic rings. The van der Waals surface area contributed by atoms with Crippen LogP contribution in [0.1, 0.15) is 46.5 Å². The Balaban J connectivity index is 2.32. The zero-order valence-corrected chi connectivity index (χ0v) is 11.4. The van der Waals surface area contributed by atoms with Crippen molar-refractivity contribution in [2.75, 3.05) is 0 Å². The van der Waals surface area contributed by atoms with Crippen molar-refractivity contribution >= 4 is 11.9 Å². The van der Waals surface area contributed by atoms with Gasteiger partial charge in [0.2, 0.25) is 5.91 Å². The van der Waals surface area contributed by atoms with E-state index in [1.165, 1.54) is 0 Å². The van der Waals surface area contributed by atoms with E-state index < -0.39 is 5.97 Å². The van der Waals surface area contributed by atoms with Crippen LogP contribution in [0, 0.1) is 5.92 Å². The van der Waals surface area contributed by atoms with Gasteiger partial charge in [-0.25, -0.2) is 0 Å². The predicted octanol–water partition coefficient (Wildman–Crippen LogP) is 1.13. The topological polar surface area (TPSA) is 78.4 Å². The molecular weight excluding hydrogens is 232 g/mol. The molecule has 1 fully saturated rings. The van der Waals surface area contributed by atoms with Crippen LogP contribution in [0.2, 0.25) is 0 Å². The first-order valence-corrected chi connectivity index (χ1v) is 6.69. The minimum absolute atomic E-state index is 0.00496. The number of rotatable bonds is 5. The molecule has 1 atom stereocenters. The first kappa shape index (κ1) is 15.0. The molecule has 1 rings (SSSR count). The van der Waals surface area contributed by atoms with Crippen LogP contribution in [0.15, 0.2) is 0 Å². The summed E-state index contributed by atoms with van der Waals surface area (Å²) in [5, 5.41) is 15.1. The quantitative estimate of drug-likeness (QED) is 0.689. The second-order valence-corrected chi connectivity index (χ2v) is 5.44. The number of carbonyl (C=O) groups excluding carboxylic acids is 1. The number of carbonyl (C=O) groups is 2. The first-order chi connectivity index (χ1) is 8.40. The molecule has 0 aromatic carbocycles. The molecule has 0 radical (unpaired) electrons. The van der Waals surface area contributed by atoms with Gasteiger partial charge in [-0.3, -0.25) is 9.59 Å². The summed E-state index contributed by atoms with van der Waals surface area (Å²) < 4.78 is 0. The maximum absolute atomic E-state index is 11.7. The number of amides is 1. The van der Waals surface area contributed by atoms with Crippen LogP contribution >= 0.6 is 0 Å². The predicted molar refractivity (Wildman–Crippen MR) is 69.3 cm³/mol. The minimum atomic E-state index is -0.695. The minimum Gasteiger partial charge on any atom is -0.481 e. The van der Waals surface area contributed by atoms with Crippen LogP contribution in [0.4, 0.5) is 0 Å². The van der Waals surface area contributed by atoms with Gasteiger partial charge in [0.1, 0.15) is 0 Å². The SMILES string of the molecule is CC(C)NC(=O)C(C)NC1CCC(C(=O)O)CC1. The van der Waals surface area contributed by atoms with Crippen molar-refractivity contribution in [3.63, 3.8) is 0 Å². The molecular formula is C13H24N2O3. The summed E-state index contributed by atoms with van der Waals surface area (Å²) in [6, 6.07) is 0.178. The van der Waals surface area contributed by atoms with Gasteiger partial charge in [-0.1, -0.05) is 0 Å². The van der Waals surface area contributed by atoms with E-state index in [4.69, 9.17) is 5.11 Å². The summed E-state index contributed by atoms with van der Waals surface area (Å²) in [7, 11) is 0. The van der Waals surface area contributed by atoms with Crippen LogP contribution in [-0.4, -0.2) is 35.1 Å². The fourth-order valence-corrected chi connectivity index (χ4v) is 2.35. The molecule has 18 heavy (non-hydrogen) atoms. The molecule has 1 aliphatic rings. The monoisotopic (exact) mass is 256 g/mol. The highest BCUT2D eigenvalue weighted by Crippen LogP contribution is 2.24. The molecule has 3 N–H and O–H groups in total. The number of nitrogens with one attached hydrogen (secondary N) is 2. The maximum Gasteiger partial charge on any atom is 0.306 e. The van der Waals surface area contributed by atoms with Crippen molar-refractivity contribution in [3.8, 4) is 0 Å². The van der Waals surface area contributed by atoms with Gasteiger partial charge in [-0.2, -0.15) is 0 Å². The van der Waals surface area contributed by atoms with Crippen LogP contribution in [0.5, 0.6) is 0 Å². The highest BCUT2D eigenvalue weighted by atomic mass is 16.4. The average Bonchev–Trinajstić information content (AvgIpc) is 2.28. The molecule has 0 saturated heterocycles. The highest BCUT2D eigenvalue weighted by molar-refractivity contribution is 5.81. The van der Waals surface area contributed by atoms with E-state index in [-0.39, 0.29) is 30.0 Å². The molecule has 104 valence electrons. The Morgan fingerprint density at radius 2 is 1.67 bits per heavy atom. The Kier molecular flexibility index (Phi) is 5.59. The molecule has 5 heteroatoms. The summed E-state index contributed by atoms with van der Waals surface area (Å²) in [4.78, 5) is 22.6. The second kappa shape index (κ2) is 6.73. The molecule has 1 amide bonds. The van der Waals surface area contributed by atoms with Gasteiger partial charge in [-0.05, 0) is 46.5 Å². The Labute approximate surface area is 108 Å². The lowest BCUT2D eigenvalue weighted by Gasteiger charge is -2.29. The van der Waals surface area contributed by atoms with Crippen LogP contribution in [0.25, 0.3) is 0 Å². The fourth-order valence-electron chi connectivity index (χ4n) is 2.35. The van der Waals surface area contributed by atoms with Crippen molar-refractivity contribution in [1.82, 2.24) is 10.6 Å². The Morgan fingerprint density at radius 3 is 2.11 bits per heavy atom. The highest BCUT2D eigenvalue weighted by Gasteiger charge is 2.27.